The molecule has 3 N–H and O–H groups in total. The van der Waals surface area contributed by atoms with E-state index in [1.807, 2.05) is 37.3 Å². The van der Waals surface area contributed by atoms with E-state index in [0.717, 1.165) is 16.9 Å². The highest BCUT2D eigenvalue weighted by Crippen LogP contribution is 2.14. The van der Waals surface area contributed by atoms with Gasteiger partial charge in [0.1, 0.15) is 11.5 Å². The molecule has 0 fully saturated rings. The largest absolute Gasteiger partial charge is 0.497 e. The molecule has 2 aromatic carbocycles. The van der Waals surface area contributed by atoms with Gasteiger partial charge in [-0.1, -0.05) is 24.3 Å². The van der Waals surface area contributed by atoms with E-state index in [-0.39, 0.29) is 18.0 Å². The van der Waals surface area contributed by atoms with Crippen LogP contribution in [0.3, 0.4) is 0 Å². The van der Waals surface area contributed by atoms with Gasteiger partial charge in [-0.25, -0.2) is 4.79 Å². The summed E-state index contributed by atoms with van der Waals surface area (Å²) in [5.74, 6) is 1.28. The van der Waals surface area contributed by atoms with Gasteiger partial charge in [0.25, 0.3) is 5.91 Å². The Morgan fingerprint density at radius 1 is 0.968 bits per heavy atom. The van der Waals surface area contributed by atoms with Crippen molar-refractivity contribution in [2.75, 3.05) is 7.11 Å². The zero-order valence-electron chi connectivity index (χ0n) is 17.7. The molecule has 162 valence electrons. The minimum Gasteiger partial charge on any atom is -0.497 e. The highest BCUT2D eigenvalue weighted by atomic mass is 16.5. The van der Waals surface area contributed by atoms with Gasteiger partial charge in [0.15, 0.2) is 0 Å². The molecule has 31 heavy (non-hydrogen) atoms. The second kappa shape index (κ2) is 10.9. The normalized spacial score (nSPS) is 11.4. The first-order valence-corrected chi connectivity index (χ1v) is 10.1. The monoisotopic (exact) mass is 421 g/mol. The van der Waals surface area contributed by atoms with E-state index < -0.39 is 0 Å². The fourth-order valence-electron chi connectivity index (χ4n) is 3.17. The number of amides is 3. The average molecular weight is 421 g/mol. The topological polar surface area (TPSA) is 92.6 Å². The van der Waals surface area contributed by atoms with E-state index in [1.54, 1.807) is 43.7 Å². The van der Waals surface area contributed by atoms with Gasteiger partial charge in [0, 0.05) is 18.2 Å². The lowest BCUT2D eigenvalue weighted by Gasteiger charge is -2.15. The number of carbonyl (C=O) groups excluding carboxylic acids is 2. The van der Waals surface area contributed by atoms with Gasteiger partial charge in [-0.15, -0.1) is 0 Å². The van der Waals surface area contributed by atoms with Crippen molar-refractivity contribution in [3.8, 4) is 5.75 Å². The van der Waals surface area contributed by atoms with Crippen molar-refractivity contribution in [2.45, 2.75) is 32.5 Å². The zero-order valence-corrected chi connectivity index (χ0v) is 17.7. The van der Waals surface area contributed by atoms with E-state index in [2.05, 4.69) is 16.0 Å². The molecule has 0 saturated heterocycles. The van der Waals surface area contributed by atoms with Crippen LogP contribution in [0.15, 0.2) is 71.3 Å². The maximum atomic E-state index is 12.3. The Bertz CT molecular complexity index is 1000. The third kappa shape index (κ3) is 6.92. The molecule has 0 bridgehead atoms. The molecule has 0 aliphatic carbocycles. The van der Waals surface area contributed by atoms with Crippen molar-refractivity contribution in [1.82, 2.24) is 16.0 Å². The van der Waals surface area contributed by atoms with Crippen LogP contribution in [0.4, 0.5) is 4.79 Å². The van der Waals surface area contributed by atoms with Gasteiger partial charge in [-0.05, 0) is 60.9 Å². The first-order valence-electron chi connectivity index (χ1n) is 10.1. The maximum Gasteiger partial charge on any atom is 0.315 e. The first-order chi connectivity index (χ1) is 15.0. The minimum absolute atomic E-state index is 0.0502. The third-order valence-corrected chi connectivity index (χ3v) is 4.70. The van der Waals surface area contributed by atoms with Crippen LogP contribution in [0.2, 0.25) is 0 Å². The molecule has 3 aromatic rings. The summed E-state index contributed by atoms with van der Waals surface area (Å²) in [5, 5.41) is 8.58. The maximum absolute atomic E-state index is 12.3. The van der Waals surface area contributed by atoms with Gasteiger partial charge < -0.3 is 25.1 Å². The number of rotatable bonds is 9. The molecule has 1 aromatic heterocycles. The lowest BCUT2D eigenvalue weighted by Crippen LogP contribution is -2.41. The number of hydrogen-bond acceptors (Lipinski definition) is 4. The van der Waals surface area contributed by atoms with Crippen LogP contribution < -0.4 is 20.7 Å². The van der Waals surface area contributed by atoms with Gasteiger partial charge in [0.05, 0.1) is 19.9 Å². The van der Waals surface area contributed by atoms with Crippen molar-refractivity contribution in [2.24, 2.45) is 0 Å². The first kappa shape index (κ1) is 22.0. The number of ether oxygens (including phenoxy) is 1. The molecule has 0 radical (unpaired) electrons. The Labute approximate surface area is 181 Å². The van der Waals surface area contributed by atoms with Crippen LogP contribution in [0.25, 0.3) is 0 Å². The summed E-state index contributed by atoms with van der Waals surface area (Å²) in [7, 11) is 1.63. The fourth-order valence-corrected chi connectivity index (χ4v) is 3.17. The molecular weight excluding hydrogens is 394 g/mol. The number of urea groups is 1. The SMILES string of the molecule is COc1cccc(CC(C)NC(=O)NCc2cccc(C(=O)NCc3ccco3)c2)c1. The number of benzene rings is 2. The Balaban J connectivity index is 1.46. The number of nitrogens with one attached hydrogen (secondary N) is 3. The molecule has 1 unspecified atom stereocenters. The molecule has 7 nitrogen and oxygen atoms in total. The number of hydrogen-bond donors (Lipinski definition) is 3. The summed E-state index contributed by atoms with van der Waals surface area (Å²) in [4.78, 5) is 24.6. The molecule has 0 spiro atoms. The summed E-state index contributed by atoms with van der Waals surface area (Å²) in [5.41, 5.74) is 2.44. The van der Waals surface area contributed by atoms with Crippen LogP contribution in [-0.4, -0.2) is 25.1 Å². The Hall–Kier alpha value is -3.74. The molecule has 1 atom stereocenters. The van der Waals surface area contributed by atoms with Crippen molar-refractivity contribution in [3.63, 3.8) is 0 Å². The average Bonchev–Trinajstić information content (AvgIpc) is 3.30. The van der Waals surface area contributed by atoms with Crippen molar-refractivity contribution in [3.05, 3.63) is 89.4 Å². The van der Waals surface area contributed by atoms with Gasteiger partial charge in [0.2, 0.25) is 0 Å². The molecule has 1 heterocycles. The molecular formula is C24H27N3O4. The predicted octanol–water partition coefficient (Wildman–Crippen LogP) is 3.65. The van der Waals surface area contributed by atoms with Crippen molar-refractivity contribution >= 4 is 11.9 Å². The van der Waals surface area contributed by atoms with Crippen molar-refractivity contribution < 1.29 is 18.7 Å². The van der Waals surface area contributed by atoms with Crippen molar-refractivity contribution in [1.29, 1.82) is 0 Å². The summed E-state index contributed by atoms with van der Waals surface area (Å²) in [6, 6.07) is 18.2. The van der Waals surface area contributed by atoms with Gasteiger partial charge >= 0.3 is 6.03 Å². The smallest absolute Gasteiger partial charge is 0.315 e. The summed E-state index contributed by atoms with van der Waals surface area (Å²) in [6.45, 7) is 2.59. The Morgan fingerprint density at radius 2 is 1.77 bits per heavy atom. The number of furan rings is 1. The number of methoxy groups -OCH3 is 1. The lowest BCUT2D eigenvalue weighted by molar-refractivity contribution is 0.0948. The quantitative estimate of drug-likeness (QED) is 0.492. The third-order valence-electron chi connectivity index (χ3n) is 4.70. The summed E-state index contributed by atoms with van der Waals surface area (Å²) >= 11 is 0. The molecule has 0 aliphatic rings. The van der Waals surface area contributed by atoms with E-state index in [4.69, 9.17) is 9.15 Å². The van der Waals surface area contributed by atoms with Crippen LogP contribution in [0.5, 0.6) is 5.75 Å². The van der Waals surface area contributed by atoms with Crippen LogP contribution in [0, 0.1) is 0 Å². The lowest BCUT2D eigenvalue weighted by atomic mass is 10.1. The highest BCUT2D eigenvalue weighted by Gasteiger charge is 2.10. The van der Waals surface area contributed by atoms with Crippen LogP contribution >= 0.6 is 0 Å². The van der Waals surface area contributed by atoms with Gasteiger partial charge in [-0.2, -0.15) is 0 Å². The Kier molecular flexibility index (Phi) is 7.70. The predicted molar refractivity (Wildman–Crippen MR) is 118 cm³/mol. The molecule has 0 aliphatic heterocycles. The van der Waals surface area contributed by atoms with Gasteiger partial charge in [-0.3, -0.25) is 4.79 Å². The zero-order chi connectivity index (χ0) is 22.1. The number of carbonyl (C=O) groups is 2. The fraction of sp³-hybridized carbons (Fsp3) is 0.250. The molecule has 7 heteroatoms. The Morgan fingerprint density at radius 3 is 2.55 bits per heavy atom. The molecule has 3 amide bonds. The van der Waals surface area contributed by atoms with E-state index >= 15 is 0 Å². The second-order valence-corrected chi connectivity index (χ2v) is 7.25. The molecule has 0 saturated carbocycles. The van der Waals surface area contributed by atoms with Crippen LogP contribution in [-0.2, 0) is 19.5 Å². The van der Waals surface area contributed by atoms with E-state index in [0.29, 0.717) is 30.8 Å². The standard InChI is InChI=1S/C24H27N3O4/c1-17(12-18-6-4-9-21(14-18)30-2)27-24(29)26-15-19-7-3-8-20(13-19)23(28)25-16-22-10-5-11-31-22/h3-11,13-14,17H,12,15-16H2,1-2H3,(H,25,28)(H2,26,27,29). The summed E-state index contributed by atoms with van der Waals surface area (Å²) in [6.07, 6.45) is 2.26. The summed E-state index contributed by atoms with van der Waals surface area (Å²) < 4.78 is 10.4. The van der Waals surface area contributed by atoms with Crippen LogP contribution in [0.1, 0.15) is 34.2 Å². The minimum atomic E-state index is -0.261. The second-order valence-electron chi connectivity index (χ2n) is 7.25. The van der Waals surface area contributed by atoms with E-state index in [9.17, 15) is 9.59 Å². The van der Waals surface area contributed by atoms with E-state index in [1.165, 1.54) is 0 Å². The highest BCUT2D eigenvalue weighted by molar-refractivity contribution is 5.94. The molecule has 3 rings (SSSR count).